The highest BCUT2D eigenvalue weighted by atomic mass is 16.6. The number of aromatic amines is 1. The molecule has 0 aliphatic carbocycles. The maximum Gasteiger partial charge on any atom is 0.293 e. The molecule has 3 rings (SSSR count). The Hall–Kier alpha value is -3.73. The van der Waals surface area contributed by atoms with Crippen LogP contribution < -0.4 is 5.32 Å². The fraction of sp³-hybridized carbons (Fsp3) is 0.118. The molecule has 0 saturated heterocycles. The average molecular weight is 334 g/mol. The maximum absolute atomic E-state index is 11.4. The highest BCUT2D eigenvalue weighted by Crippen LogP contribution is 2.31. The van der Waals surface area contributed by atoms with Gasteiger partial charge in [0, 0.05) is 6.07 Å². The third-order valence-corrected chi connectivity index (χ3v) is 3.63. The lowest BCUT2D eigenvalue weighted by Gasteiger charge is -2.17. The van der Waals surface area contributed by atoms with Gasteiger partial charge in [-0.2, -0.15) is 10.4 Å². The summed E-state index contributed by atoms with van der Waals surface area (Å²) in [5, 5.41) is 30.4. The van der Waals surface area contributed by atoms with Gasteiger partial charge in [-0.1, -0.05) is 30.3 Å². The number of nitrogens with zero attached hydrogens (tertiary/aromatic N) is 4. The summed E-state index contributed by atoms with van der Waals surface area (Å²) in [6.07, 6.45) is 0. The Bertz CT molecular complexity index is 945. The second-order valence-electron chi connectivity index (χ2n) is 5.37. The minimum Gasteiger partial charge on any atom is -0.366 e. The van der Waals surface area contributed by atoms with Gasteiger partial charge in [0.05, 0.1) is 16.6 Å². The smallest absolute Gasteiger partial charge is 0.293 e. The molecule has 8 nitrogen and oxygen atoms in total. The van der Waals surface area contributed by atoms with E-state index in [1.165, 1.54) is 18.2 Å². The number of anilines is 1. The van der Waals surface area contributed by atoms with Crippen LogP contribution in [0.15, 0.2) is 48.5 Å². The molecular formula is C17H14N6O2. The Kier molecular flexibility index (Phi) is 4.39. The van der Waals surface area contributed by atoms with Gasteiger partial charge in [0.25, 0.3) is 5.69 Å². The molecule has 25 heavy (non-hydrogen) atoms. The highest BCUT2D eigenvalue weighted by Gasteiger charge is 2.23. The lowest BCUT2D eigenvalue weighted by Crippen LogP contribution is -2.15. The minimum absolute atomic E-state index is 0.174. The second kappa shape index (κ2) is 6.80. The standard InChI is InChI=1S/C17H14N6O2/c1-11-19-17(22-21-11)16(13-5-3-2-4-6-13)20-14-8-7-12(10-18)9-15(14)23(24)25/h2-9,16,20H,1H3,(H,19,21,22). The van der Waals surface area contributed by atoms with Gasteiger partial charge < -0.3 is 5.32 Å². The molecule has 0 amide bonds. The minimum atomic E-state index is -0.519. The largest absolute Gasteiger partial charge is 0.366 e. The summed E-state index contributed by atoms with van der Waals surface area (Å²) in [5.74, 6) is 1.12. The quantitative estimate of drug-likeness (QED) is 0.546. The summed E-state index contributed by atoms with van der Waals surface area (Å²) in [6, 6.07) is 15.1. The Morgan fingerprint density at radius 3 is 2.64 bits per heavy atom. The molecule has 8 heteroatoms. The first-order valence-corrected chi connectivity index (χ1v) is 7.47. The number of nitriles is 1. The predicted molar refractivity (Wildman–Crippen MR) is 90.8 cm³/mol. The van der Waals surface area contributed by atoms with Crippen LogP contribution in [0, 0.1) is 28.4 Å². The van der Waals surface area contributed by atoms with E-state index in [0.717, 1.165) is 5.56 Å². The van der Waals surface area contributed by atoms with E-state index in [9.17, 15) is 10.1 Å². The number of nitrogens with one attached hydrogen (secondary N) is 2. The number of H-pyrrole nitrogens is 1. The third-order valence-electron chi connectivity index (χ3n) is 3.63. The van der Waals surface area contributed by atoms with Crippen molar-refractivity contribution in [2.45, 2.75) is 13.0 Å². The third kappa shape index (κ3) is 3.45. The lowest BCUT2D eigenvalue weighted by molar-refractivity contribution is -0.384. The van der Waals surface area contributed by atoms with Crippen molar-refractivity contribution in [1.29, 1.82) is 5.26 Å². The van der Waals surface area contributed by atoms with Crippen LogP contribution in [0.2, 0.25) is 0 Å². The van der Waals surface area contributed by atoms with Crippen LogP contribution >= 0.6 is 0 Å². The Labute approximate surface area is 143 Å². The fourth-order valence-electron chi connectivity index (χ4n) is 2.46. The van der Waals surface area contributed by atoms with Gasteiger partial charge in [-0.15, -0.1) is 0 Å². The Balaban J connectivity index is 2.05. The van der Waals surface area contributed by atoms with Crippen LogP contribution in [0.4, 0.5) is 11.4 Å². The molecule has 0 spiro atoms. The van der Waals surface area contributed by atoms with Crippen molar-refractivity contribution in [2.24, 2.45) is 0 Å². The van der Waals surface area contributed by atoms with Crippen LogP contribution in [0.5, 0.6) is 0 Å². The first-order valence-electron chi connectivity index (χ1n) is 7.47. The topological polar surface area (TPSA) is 121 Å². The molecule has 0 aliphatic rings. The van der Waals surface area contributed by atoms with E-state index in [0.29, 0.717) is 17.3 Å². The zero-order valence-corrected chi connectivity index (χ0v) is 13.3. The summed E-state index contributed by atoms with van der Waals surface area (Å²) in [6.45, 7) is 1.78. The molecule has 0 radical (unpaired) electrons. The highest BCUT2D eigenvalue weighted by molar-refractivity contribution is 5.65. The van der Waals surface area contributed by atoms with E-state index in [1.54, 1.807) is 6.92 Å². The van der Waals surface area contributed by atoms with E-state index in [4.69, 9.17) is 5.26 Å². The van der Waals surface area contributed by atoms with Gasteiger partial charge in [-0.05, 0) is 24.6 Å². The second-order valence-corrected chi connectivity index (χ2v) is 5.37. The number of aromatic nitrogens is 3. The van der Waals surface area contributed by atoms with Crippen molar-refractivity contribution < 1.29 is 4.92 Å². The molecule has 1 atom stereocenters. The number of benzene rings is 2. The van der Waals surface area contributed by atoms with E-state index in [-0.39, 0.29) is 11.3 Å². The maximum atomic E-state index is 11.4. The van der Waals surface area contributed by atoms with Crippen LogP contribution in [-0.4, -0.2) is 20.1 Å². The van der Waals surface area contributed by atoms with Gasteiger partial charge in [0.1, 0.15) is 17.6 Å². The predicted octanol–water partition coefficient (Wildman–Crippen LogP) is 3.09. The van der Waals surface area contributed by atoms with Crippen LogP contribution in [-0.2, 0) is 0 Å². The summed E-state index contributed by atoms with van der Waals surface area (Å²) < 4.78 is 0. The van der Waals surface area contributed by atoms with Crippen molar-refractivity contribution in [3.8, 4) is 6.07 Å². The lowest BCUT2D eigenvalue weighted by atomic mass is 10.1. The van der Waals surface area contributed by atoms with Crippen molar-refractivity contribution in [3.63, 3.8) is 0 Å². The summed E-state index contributed by atoms with van der Waals surface area (Å²) in [4.78, 5) is 15.2. The Morgan fingerprint density at radius 2 is 2.04 bits per heavy atom. The van der Waals surface area contributed by atoms with Crippen molar-refractivity contribution in [1.82, 2.24) is 15.2 Å². The van der Waals surface area contributed by atoms with Crippen molar-refractivity contribution >= 4 is 11.4 Å². The van der Waals surface area contributed by atoms with Gasteiger partial charge in [0.15, 0.2) is 5.82 Å². The van der Waals surface area contributed by atoms with Gasteiger partial charge in [-0.3, -0.25) is 15.2 Å². The molecule has 0 fully saturated rings. The molecule has 124 valence electrons. The molecule has 2 N–H and O–H groups in total. The van der Waals surface area contributed by atoms with Crippen molar-refractivity contribution in [2.75, 3.05) is 5.32 Å². The van der Waals surface area contributed by atoms with E-state index < -0.39 is 11.0 Å². The Morgan fingerprint density at radius 1 is 1.28 bits per heavy atom. The number of hydrogen-bond donors (Lipinski definition) is 2. The number of nitro benzene ring substituents is 1. The summed E-state index contributed by atoms with van der Waals surface area (Å²) >= 11 is 0. The normalized spacial score (nSPS) is 11.5. The number of hydrogen-bond acceptors (Lipinski definition) is 6. The van der Waals surface area contributed by atoms with Gasteiger partial charge in [-0.25, -0.2) is 4.98 Å². The molecule has 0 aliphatic heterocycles. The molecule has 1 aromatic heterocycles. The molecule has 1 unspecified atom stereocenters. The first-order chi connectivity index (χ1) is 12.1. The first kappa shape index (κ1) is 16.1. The number of rotatable bonds is 5. The molecular weight excluding hydrogens is 320 g/mol. The van der Waals surface area contributed by atoms with E-state index >= 15 is 0 Å². The molecule has 3 aromatic rings. The van der Waals surface area contributed by atoms with Gasteiger partial charge >= 0.3 is 0 Å². The van der Waals surface area contributed by atoms with E-state index in [2.05, 4.69) is 20.5 Å². The molecule has 2 aromatic carbocycles. The fourth-order valence-corrected chi connectivity index (χ4v) is 2.46. The zero-order valence-electron chi connectivity index (χ0n) is 13.3. The molecule has 0 saturated carbocycles. The summed E-state index contributed by atoms with van der Waals surface area (Å²) in [5.41, 5.74) is 1.20. The molecule has 1 heterocycles. The summed E-state index contributed by atoms with van der Waals surface area (Å²) in [7, 11) is 0. The average Bonchev–Trinajstić information content (AvgIpc) is 3.06. The van der Waals surface area contributed by atoms with Crippen molar-refractivity contribution in [3.05, 3.63) is 81.4 Å². The van der Waals surface area contributed by atoms with Gasteiger partial charge in [0.2, 0.25) is 0 Å². The van der Waals surface area contributed by atoms with Crippen LogP contribution in [0.25, 0.3) is 0 Å². The monoisotopic (exact) mass is 334 g/mol. The molecule has 0 bridgehead atoms. The SMILES string of the molecule is Cc1nc(C(Nc2ccc(C#N)cc2[N+](=O)[O-])c2ccccc2)n[nH]1. The number of nitro groups is 1. The zero-order chi connectivity index (χ0) is 17.8. The van der Waals surface area contributed by atoms with E-state index in [1.807, 2.05) is 36.4 Å². The number of aryl methyl sites for hydroxylation is 1. The van der Waals surface area contributed by atoms with Crippen LogP contribution in [0.3, 0.4) is 0 Å². The van der Waals surface area contributed by atoms with Crippen LogP contribution in [0.1, 0.15) is 28.8 Å².